The number of hydrazine groups is 1. The molecule has 0 atom stereocenters. The summed E-state index contributed by atoms with van der Waals surface area (Å²) >= 11 is 5.68. The first kappa shape index (κ1) is 11.6. The predicted molar refractivity (Wildman–Crippen MR) is 61.8 cm³/mol. The summed E-state index contributed by atoms with van der Waals surface area (Å²) in [6.07, 6.45) is 1.30. The average Bonchev–Trinajstić information content (AvgIpc) is 2.27. The lowest BCUT2D eigenvalue weighted by Crippen LogP contribution is -2.39. The van der Waals surface area contributed by atoms with Gasteiger partial charge in [-0.15, -0.1) is 0 Å². The zero-order valence-electron chi connectivity index (χ0n) is 8.79. The fraction of sp³-hybridized carbons (Fsp3) is 0.455. The van der Waals surface area contributed by atoms with E-state index in [1.165, 1.54) is 6.07 Å². The Balaban J connectivity index is 1.96. The summed E-state index contributed by atoms with van der Waals surface area (Å²) in [6, 6.07) is 4.54. The molecule has 3 nitrogen and oxygen atoms in total. The van der Waals surface area contributed by atoms with Crippen molar-refractivity contribution in [2.75, 3.05) is 18.5 Å². The van der Waals surface area contributed by atoms with Gasteiger partial charge < -0.3 is 10.5 Å². The fourth-order valence-corrected chi connectivity index (χ4v) is 1.91. The molecule has 88 valence electrons. The molecule has 0 spiro atoms. The topological polar surface area (TPSA) is 35.5 Å². The number of aliphatic hydroxyl groups is 1. The summed E-state index contributed by atoms with van der Waals surface area (Å²) in [7, 11) is 0. The van der Waals surface area contributed by atoms with E-state index in [0.717, 1.165) is 31.6 Å². The van der Waals surface area contributed by atoms with Crippen molar-refractivity contribution >= 4 is 17.3 Å². The maximum absolute atomic E-state index is 12.9. The Hall–Kier alpha value is -0.840. The second kappa shape index (κ2) is 4.99. The summed E-state index contributed by atoms with van der Waals surface area (Å²) in [6.45, 7) is 1.55. The second-order valence-electron chi connectivity index (χ2n) is 3.96. The number of anilines is 1. The zero-order valence-corrected chi connectivity index (χ0v) is 9.54. The van der Waals surface area contributed by atoms with Gasteiger partial charge in [0, 0.05) is 13.1 Å². The van der Waals surface area contributed by atoms with Crippen LogP contribution in [0.3, 0.4) is 0 Å². The van der Waals surface area contributed by atoms with Crippen LogP contribution in [0.15, 0.2) is 18.2 Å². The number of hydrogen-bond donors (Lipinski definition) is 2. The van der Waals surface area contributed by atoms with Crippen molar-refractivity contribution in [1.82, 2.24) is 5.01 Å². The number of piperidine rings is 1. The van der Waals surface area contributed by atoms with Crippen LogP contribution in [0.2, 0.25) is 5.02 Å². The molecule has 0 aromatic heterocycles. The molecule has 0 aliphatic carbocycles. The van der Waals surface area contributed by atoms with Crippen LogP contribution in [-0.2, 0) is 0 Å². The van der Waals surface area contributed by atoms with Gasteiger partial charge in [-0.1, -0.05) is 11.6 Å². The van der Waals surface area contributed by atoms with E-state index in [1.54, 1.807) is 12.1 Å². The van der Waals surface area contributed by atoms with E-state index in [9.17, 15) is 9.50 Å². The van der Waals surface area contributed by atoms with Crippen LogP contribution >= 0.6 is 11.6 Å². The maximum atomic E-state index is 12.9. The molecule has 0 saturated carbocycles. The minimum absolute atomic E-state index is 0.113. The van der Waals surface area contributed by atoms with E-state index < -0.39 is 5.82 Å². The summed E-state index contributed by atoms with van der Waals surface area (Å²) in [5.41, 5.74) is 3.91. The highest BCUT2D eigenvalue weighted by Crippen LogP contribution is 2.20. The number of hydrogen-bond acceptors (Lipinski definition) is 3. The lowest BCUT2D eigenvalue weighted by molar-refractivity contribution is 0.0936. The van der Waals surface area contributed by atoms with Gasteiger partial charge in [0.25, 0.3) is 0 Å². The van der Waals surface area contributed by atoms with Crippen LogP contribution < -0.4 is 5.43 Å². The molecule has 1 aliphatic heterocycles. The van der Waals surface area contributed by atoms with Crippen LogP contribution in [0.4, 0.5) is 10.1 Å². The number of rotatable bonds is 2. The van der Waals surface area contributed by atoms with Gasteiger partial charge in [0.15, 0.2) is 0 Å². The van der Waals surface area contributed by atoms with Crippen molar-refractivity contribution in [3.8, 4) is 0 Å². The van der Waals surface area contributed by atoms with Gasteiger partial charge >= 0.3 is 0 Å². The maximum Gasteiger partial charge on any atom is 0.141 e. The molecule has 0 radical (unpaired) electrons. The molecule has 0 amide bonds. The standard InChI is InChI=1S/C11H14ClFN2O/c12-10-7-8(1-2-11(10)13)14-15-5-3-9(16)4-6-15/h1-2,7,9,14,16H,3-6H2. The molecule has 1 aliphatic rings. The first-order valence-corrected chi connectivity index (χ1v) is 5.67. The quantitative estimate of drug-likeness (QED) is 0.838. The van der Waals surface area contributed by atoms with Gasteiger partial charge in [0.1, 0.15) is 5.82 Å². The van der Waals surface area contributed by atoms with Crippen molar-refractivity contribution in [1.29, 1.82) is 0 Å². The molecule has 1 heterocycles. The van der Waals surface area contributed by atoms with Crippen LogP contribution in [0.25, 0.3) is 0 Å². The summed E-state index contributed by atoms with van der Waals surface area (Å²) in [5.74, 6) is -0.415. The summed E-state index contributed by atoms with van der Waals surface area (Å²) in [5, 5.41) is 11.5. The molecule has 2 N–H and O–H groups in total. The number of nitrogens with one attached hydrogen (secondary N) is 1. The Bertz CT molecular complexity index is 367. The largest absolute Gasteiger partial charge is 0.393 e. The lowest BCUT2D eigenvalue weighted by Gasteiger charge is -2.30. The van der Waals surface area contributed by atoms with E-state index in [-0.39, 0.29) is 11.1 Å². The van der Waals surface area contributed by atoms with Gasteiger partial charge in [-0.25, -0.2) is 9.40 Å². The molecular weight excluding hydrogens is 231 g/mol. The molecule has 0 bridgehead atoms. The number of nitrogens with zero attached hydrogens (tertiary/aromatic N) is 1. The third-order valence-corrected chi connectivity index (χ3v) is 2.96. The molecule has 1 aromatic carbocycles. The number of aliphatic hydroxyl groups excluding tert-OH is 1. The van der Waals surface area contributed by atoms with Crippen LogP contribution in [0.5, 0.6) is 0 Å². The van der Waals surface area contributed by atoms with Gasteiger partial charge in [0.05, 0.1) is 16.8 Å². The highest BCUT2D eigenvalue weighted by atomic mass is 35.5. The van der Waals surface area contributed by atoms with E-state index in [4.69, 9.17) is 11.6 Å². The van der Waals surface area contributed by atoms with E-state index in [0.29, 0.717) is 0 Å². The monoisotopic (exact) mass is 244 g/mol. The molecular formula is C11H14ClFN2O. The Morgan fingerprint density at radius 1 is 1.38 bits per heavy atom. The minimum Gasteiger partial charge on any atom is -0.393 e. The highest BCUT2D eigenvalue weighted by molar-refractivity contribution is 6.31. The zero-order chi connectivity index (χ0) is 11.5. The second-order valence-corrected chi connectivity index (χ2v) is 4.37. The smallest absolute Gasteiger partial charge is 0.141 e. The Morgan fingerprint density at radius 2 is 2.06 bits per heavy atom. The van der Waals surface area contributed by atoms with Crippen molar-refractivity contribution in [2.24, 2.45) is 0 Å². The van der Waals surface area contributed by atoms with Crippen molar-refractivity contribution in [3.63, 3.8) is 0 Å². The first-order chi connectivity index (χ1) is 7.65. The summed E-state index contributed by atoms with van der Waals surface area (Å²) in [4.78, 5) is 0. The van der Waals surface area contributed by atoms with Crippen molar-refractivity contribution < 1.29 is 9.50 Å². The van der Waals surface area contributed by atoms with Crippen LogP contribution in [0.1, 0.15) is 12.8 Å². The van der Waals surface area contributed by atoms with Crippen LogP contribution in [0, 0.1) is 5.82 Å². The van der Waals surface area contributed by atoms with Gasteiger partial charge in [-0.05, 0) is 31.0 Å². The first-order valence-electron chi connectivity index (χ1n) is 5.30. The van der Waals surface area contributed by atoms with E-state index >= 15 is 0 Å². The normalized spacial score (nSPS) is 18.7. The molecule has 1 saturated heterocycles. The highest BCUT2D eigenvalue weighted by Gasteiger charge is 2.16. The number of benzene rings is 1. The van der Waals surface area contributed by atoms with Crippen molar-refractivity contribution in [2.45, 2.75) is 18.9 Å². The van der Waals surface area contributed by atoms with E-state index in [1.807, 2.05) is 5.01 Å². The SMILES string of the molecule is OC1CCN(Nc2ccc(F)c(Cl)c2)CC1. The van der Waals surface area contributed by atoms with Gasteiger partial charge in [-0.2, -0.15) is 0 Å². The molecule has 1 fully saturated rings. The fourth-order valence-electron chi connectivity index (χ4n) is 1.73. The predicted octanol–water partition coefficient (Wildman–Crippen LogP) is 2.26. The third kappa shape index (κ3) is 2.84. The van der Waals surface area contributed by atoms with Gasteiger partial charge in [0.2, 0.25) is 0 Å². The third-order valence-electron chi connectivity index (χ3n) is 2.67. The molecule has 2 rings (SSSR count). The Labute approximate surface area is 98.8 Å². The lowest BCUT2D eigenvalue weighted by atomic mass is 10.1. The summed E-state index contributed by atoms with van der Waals surface area (Å²) < 4.78 is 12.9. The van der Waals surface area contributed by atoms with Gasteiger partial charge in [-0.3, -0.25) is 0 Å². The molecule has 16 heavy (non-hydrogen) atoms. The van der Waals surface area contributed by atoms with Crippen molar-refractivity contribution in [3.05, 3.63) is 29.0 Å². The Morgan fingerprint density at radius 3 is 2.69 bits per heavy atom. The van der Waals surface area contributed by atoms with Crippen LogP contribution in [-0.4, -0.2) is 29.3 Å². The molecule has 1 aromatic rings. The molecule has 0 unspecified atom stereocenters. The average molecular weight is 245 g/mol. The number of halogens is 2. The Kier molecular flexibility index (Phi) is 3.63. The van der Waals surface area contributed by atoms with E-state index in [2.05, 4.69) is 5.43 Å². The molecule has 5 heteroatoms. The minimum atomic E-state index is -0.415.